The molecule has 1 aromatic heterocycles. The van der Waals surface area contributed by atoms with Crippen molar-refractivity contribution in [2.24, 2.45) is 0 Å². The monoisotopic (exact) mass is 491 g/mol. The second-order valence-corrected chi connectivity index (χ2v) is 8.77. The van der Waals surface area contributed by atoms with Crippen LogP contribution >= 0.6 is 0 Å². The van der Waals surface area contributed by atoms with Crippen LogP contribution in [0, 0.1) is 0 Å². The van der Waals surface area contributed by atoms with Crippen LogP contribution in [-0.4, -0.2) is 76.5 Å². The van der Waals surface area contributed by atoms with Crippen LogP contribution in [0.3, 0.4) is 0 Å². The number of aromatic nitrogens is 2. The van der Waals surface area contributed by atoms with Gasteiger partial charge in [0.1, 0.15) is 5.75 Å². The zero-order valence-corrected chi connectivity index (χ0v) is 20.9. The second kappa shape index (κ2) is 12.3. The van der Waals surface area contributed by atoms with Crippen LogP contribution in [0.15, 0.2) is 59.1 Å². The Morgan fingerprint density at radius 1 is 1.03 bits per heavy atom. The van der Waals surface area contributed by atoms with E-state index in [0.717, 1.165) is 5.56 Å². The number of amides is 2. The summed E-state index contributed by atoms with van der Waals surface area (Å²) < 4.78 is 10.7. The van der Waals surface area contributed by atoms with E-state index < -0.39 is 0 Å². The van der Waals surface area contributed by atoms with Crippen molar-refractivity contribution in [1.29, 1.82) is 0 Å². The van der Waals surface area contributed by atoms with Gasteiger partial charge < -0.3 is 19.1 Å². The first kappa shape index (κ1) is 25.4. The van der Waals surface area contributed by atoms with Gasteiger partial charge in [-0.25, -0.2) is 0 Å². The first-order chi connectivity index (χ1) is 17.6. The van der Waals surface area contributed by atoms with Crippen LogP contribution < -0.4 is 4.74 Å². The molecule has 9 nitrogen and oxygen atoms in total. The third kappa shape index (κ3) is 6.48. The average molecular weight is 492 g/mol. The van der Waals surface area contributed by atoms with Crippen LogP contribution in [0.5, 0.6) is 5.75 Å². The summed E-state index contributed by atoms with van der Waals surface area (Å²) in [6, 6.07) is 17.3. The lowest BCUT2D eigenvalue weighted by atomic mass is 10.1. The number of rotatable bonds is 10. The predicted molar refractivity (Wildman–Crippen MR) is 134 cm³/mol. The zero-order chi connectivity index (χ0) is 25.3. The summed E-state index contributed by atoms with van der Waals surface area (Å²) in [6.07, 6.45) is 0.740. The number of ether oxygens (including phenoxy) is 1. The summed E-state index contributed by atoms with van der Waals surface area (Å²) in [5, 5.41) is 4.10. The number of hydrogen-bond acceptors (Lipinski definition) is 7. The maximum Gasteiger partial charge on any atom is 0.257 e. The van der Waals surface area contributed by atoms with Gasteiger partial charge >= 0.3 is 0 Å². The SMILES string of the molecule is CCN(Cc1ccccc1)C(=O)CCc1nc(CN2CCN(C(=O)c3ccccc3OC)CC2)no1. The molecule has 4 rings (SSSR count). The molecule has 2 heterocycles. The number of para-hydroxylation sites is 1. The Labute approximate surface area is 211 Å². The normalized spacial score (nSPS) is 14.0. The van der Waals surface area contributed by atoms with Gasteiger partial charge in [0, 0.05) is 52.1 Å². The number of carbonyl (C=O) groups is 2. The molecule has 36 heavy (non-hydrogen) atoms. The first-order valence-corrected chi connectivity index (χ1v) is 12.3. The van der Waals surface area contributed by atoms with E-state index >= 15 is 0 Å². The summed E-state index contributed by atoms with van der Waals surface area (Å²) in [4.78, 5) is 36.0. The highest BCUT2D eigenvalue weighted by Gasteiger charge is 2.25. The Hall–Kier alpha value is -3.72. The lowest BCUT2D eigenvalue weighted by Crippen LogP contribution is -2.48. The fourth-order valence-electron chi connectivity index (χ4n) is 4.31. The summed E-state index contributed by atoms with van der Waals surface area (Å²) in [6.45, 7) is 6.43. The van der Waals surface area contributed by atoms with Crippen molar-refractivity contribution in [3.8, 4) is 5.75 Å². The molecule has 0 bridgehead atoms. The molecule has 0 N–H and O–H groups in total. The van der Waals surface area contributed by atoms with E-state index in [4.69, 9.17) is 9.26 Å². The van der Waals surface area contributed by atoms with Crippen LogP contribution in [0.25, 0.3) is 0 Å². The van der Waals surface area contributed by atoms with E-state index in [0.29, 0.717) is 81.7 Å². The van der Waals surface area contributed by atoms with Gasteiger partial charge in [-0.15, -0.1) is 0 Å². The van der Waals surface area contributed by atoms with E-state index in [1.807, 2.05) is 59.2 Å². The van der Waals surface area contributed by atoms with Crippen LogP contribution in [0.2, 0.25) is 0 Å². The van der Waals surface area contributed by atoms with E-state index in [1.165, 1.54) is 0 Å². The van der Waals surface area contributed by atoms with E-state index in [2.05, 4.69) is 15.0 Å². The van der Waals surface area contributed by atoms with E-state index in [-0.39, 0.29) is 11.8 Å². The second-order valence-electron chi connectivity index (χ2n) is 8.77. The minimum atomic E-state index is -0.0213. The molecule has 0 unspecified atom stereocenters. The number of carbonyl (C=O) groups excluding carboxylic acids is 2. The molecular weight excluding hydrogens is 458 g/mol. The quantitative estimate of drug-likeness (QED) is 0.430. The minimum absolute atomic E-state index is 0.0213. The molecule has 0 saturated carbocycles. The van der Waals surface area contributed by atoms with Crippen molar-refractivity contribution in [3.05, 3.63) is 77.4 Å². The number of piperazine rings is 1. The van der Waals surface area contributed by atoms with Gasteiger partial charge in [-0.05, 0) is 24.6 Å². The maximum atomic E-state index is 12.9. The highest BCUT2D eigenvalue weighted by Crippen LogP contribution is 2.20. The molecule has 0 spiro atoms. The average Bonchev–Trinajstić information content (AvgIpc) is 3.38. The lowest BCUT2D eigenvalue weighted by Gasteiger charge is -2.34. The Bertz CT molecular complexity index is 1140. The largest absolute Gasteiger partial charge is 0.496 e. The molecular formula is C27H33N5O4. The van der Waals surface area contributed by atoms with Gasteiger partial charge in [-0.1, -0.05) is 47.6 Å². The van der Waals surface area contributed by atoms with Crippen molar-refractivity contribution >= 4 is 11.8 Å². The van der Waals surface area contributed by atoms with Gasteiger partial charge in [0.05, 0.1) is 19.2 Å². The summed E-state index contributed by atoms with van der Waals surface area (Å²) in [5.74, 6) is 1.70. The lowest BCUT2D eigenvalue weighted by molar-refractivity contribution is -0.131. The fraction of sp³-hybridized carbons (Fsp3) is 0.407. The van der Waals surface area contributed by atoms with Gasteiger partial charge in [0.2, 0.25) is 11.8 Å². The summed E-state index contributed by atoms with van der Waals surface area (Å²) in [7, 11) is 1.57. The molecule has 9 heteroatoms. The van der Waals surface area contributed by atoms with E-state index in [1.54, 1.807) is 19.2 Å². The van der Waals surface area contributed by atoms with Crippen molar-refractivity contribution in [2.75, 3.05) is 39.8 Å². The van der Waals surface area contributed by atoms with Crippen LogP contribution in [0.1, 0.15) is 41.0 Å². The molecule has 2 amide bonds. The van der Waals surface area contributed by atoms with Gasteiger partial charge in [-0.3, -0.25) is 14.5 Å². The summed E-state index contributed by atoms with van der Waals surface area (Å²) >= 11 is 0. The standard InChI is InChI=1S/C27H33N5O4/c1-3-31(19-21-9-5-4-6-10-21)26(33)14-13-25-28-24(29-36-25)20-30-15-17-32(18-16-30)27(34)22-11-7-8-12-23(22)35-2/h4-12H,3,13-20H2,1-2H3. The van der Waals surface area contributed by atoms with Crippen molar-refractivity contribution < 1.29 is 18.8 Å². The van der Waals surface area contributed by atoms with Crippen LogP contribution in [-0.2, 0) is 24.3 Å². The molecule has 2 aromatic carbocycles. The number of nitrogens with zero attached hydrogens (tertiary/aromatic N) is 5. The van der Waals surface area contributed by atoms with Crippen LogP contribution in [0.4, 0.5) is 0 Å². The highest BCUT2D eigenvalue weighted by atomic mass is 16.5. The first-order valence-electron chi connectivity index (χ1n) is 12.3. The number of hydrogen-bond donors (Lipinski definition) is 0. The number of benzene rings is 2. The molecule has 0 aliphatic carbocycles. The maximum absolute atomic E-state index is 12.9. The Morgan fingerprint density at radius 2 is 1.75 bits per heavy atom. The highest BCUT2D eigenvalue weighted by molar-refractivity contribution is 5.97. The molecule has 1 aliphatic heterocycles. The Balaban J connectivity index is 1.23. The molecule has 0 atom stereocenters. The Morgan fingerprint density at radius 3 is 2.47 bits per heavy atom. The Kier molecular flexibility index (Phi) is 8.67. The topological polar surface area (TPSA) is 92.0 Å². The smallest absolute Gasteiger partial charge is 0.257 e. The molecule has 3 aromatic rings. The van der Waals surface area contributed by atoms with Crippen molar-refractivity contribution in [3.63, 3.8) is 0 Å². The van der Waals surface area contributed by atoms with Crippen molar-refractivity contribution in [2.45, 2.75) is 32.9 Å². The minimum Gasteiger partial charge on any atom is -0.496 e. The van der Waals surface area contributed by atoms with Crippen molar-refractivity contribution in [1.82, 2.24) is 24.8 Å². The third-order valence-electron chi connectivity index (χ3n) is 6.38. The van der Waals surface area contributed by atoms with Gasteiger partial charge in [0.15, 0.2) is 5.82 Å². The third-order valence-corrected chi connectivity index (χ3v) is 6.38. The fourth-order valence-corrected chi connectivity index (χ4v) is 4.31. The summed E-state index contributed by atoms with van der Waals surface area (Å²) in [5.41, 5.74) is 1.69. The number of aryl methyl sites for hydroxylation is 1. The zero-order valence-electron chi connectivity index (χ0n) is 20.9. The van der Waals surface area contributed by atoms with Gasteiger partial charge in [-0.2, -0.15) is 4.98 Å². The molecule has 1 aliphatic rings. The molecule has 1 saturated heterocycles. The number of methoxy groups -OCH3 is 1. The predicted octanol–water partition coefficient (Wildman–Crippen LogP) is 3.02. The molecule has 1 fully saturated rings. The molecule has 0 radical (unpaired) electrons. The van der Waals surface area contributed by atoms with Gasteiger partial charge in [0.25, 0.3) is 5.91 Å². The van der Waals surface area contributed by atoms with E-state index in [9.17, 15) is 9.59 Å². The molecule has 190 valence electrons.